The Hall–Kier alpha value is -2.12. The highest BCUT2D eigenvalue weighted by molar-refractivity contribution is 5.84. The molecule has 3 aliphatic rings. The largest absolute Gasteiger partial charge is 0.493 e. The molecule has 7 heteroatoms. The van der Waals surface area contributed by atoms with E-state index >= 15 is 0 Å². The van der Waals surface area contributed by atoms with Gasteiger partial charge in [-0.1, -0.05) is 19.9 Å². The lowest BCUT2D eigenvalue weighted by Crippen LogP contribution is -2.50. The summed E-state index contributed by atoms with van der Waals surface area (Å²) in [5, 5.41) is 0. The Kier molecular flexibility index (Phi) is 12.1. The average Bonchev–Trinajstić information content (AvgIpc) is 3.75. The van der Waals surface area contributed by atoms with E-state index in [9.17, 15) is 9.59 Å². The number of ether oxygens (including phenoxy) is 4. The third-order valence-electron chi connectivity index (χ3n) is 7.84. The monoisotopic (exact) mass is 545 g/mol. The van der Waals surface area contributed by atoms with Crippen molar-refractivity contribution in [2.45, 2.75) is 104 Å². The number of Topliss-reactive ketones (excluding diaryl/α,β-unsaturated/α-hetero) is 1. The van der Waals surface area contributed by atoms with E-state index in [4.69, 9.17) is 18.9 Å². The quantitative estimate of drug-likeness (QED) is 0.310. The van der Waals surface area contributed by atoms with Crippen molar-refractivity contribution in [2.24, 2.45) is 11.8 Å². The molecule has 3 atom stereocenters. The van der Waals surface area contributed by atoms with Crippen molar-refractivity contribution in [3.63, 3.8) is 0 Å². The van der Waals surface area contributed by atoms with E-state index in [1.807, 2.05) is 20.8 Å². The lowest BCUT2D eigenvalue weighted by molar-refractivity contribution is -0.136. The average molecular weight is 546 g/mol. The molecular formula is C32H51NO6. The van der Waals surface area contributed by atoms with E-state index in [-0.39, 0.29) is 11.9 Å². The minimum absolute atomic E-state index is 0.112. The Balaban J connectivity index is 0.000000223. The third kappa shape index (κ3) is 10.8. The Bertz CT molecular complexity index is 922. The number of morpholine rings is 1. The highest BCUT2D eigenvalue weighted by Gasteiger charge is 2.33. The van der Waals surface area contributed by atoms with Gasteiger partial charge in [-0.3, -0.25) is 4.79 Å². The van der Waals surface area contributed by atoms with Gasteiger partial charge in [-0.05, 0) is 100 Å². The van der Waals surface area contributed by atoms with Crippen LogP contribution in [0.2, 0.25) is 0 Å². The number of carbonyl (C=O) groups is 2. The number of rotatable bonds is 10. The van der Waals surface area contributed by atoms with Crippen LogP contribution in [0.15, 0.2) is 18.2 Å². The van der Waals surface area contributed by atoms with Crippen LogP contribution in [0.3, 0.4) is 0 Å². The number of hydrogen-bond acceptors (Lipinski definition) is 6. The first kappa shape index (κ1) is 31.4. The maximum Gasteiger partial charge on any atom is 0.410 e. The maximum absolute atomic E-state index is 12.3. The smallest absolute Gasteiger partial charge is 0.410 e. The molecule has 0 bridgehead atoms. The molecule has 1 amide bonds. The number of benzene rings is 1. The van der Waals surface area contributed by atoms with Crippen LogP contribution in [0.4, 0.5) is 4.79 Å². The van der Waals surface area contributed by atoms with Gasteiger partial charge in [-0.25, -0.2) is 4.79 Å². The molecule has 39 heavy (non-hydrogen) atoms. The van der Waals surface area contributed by atoms with Crippen LogP contribution >= 0.6 is 0 Å². The molecule has 7 nitrogen and oxygen atoms in total. The zero-order valence-electron chi connectivity index (χ0n) is 25.1. The molecule has 4 rings (SSSR count). The predicted molar refractivity (Wildman–Crippen MR) is 153 cm³/mol. The summed E-state index contributed by atoms with van der Waals surface area (Å²) in [6, 6.07) is 6.56. The van der Waals surface area contributed by atoms with Crippen LogP contribution in [0, 0.1) is 11.8 Å². The molecule has 1 saturated heterocycles. The van der Waals surface area contributed by atoms with Gasteiger partial charge in [0.2, 0.25) is 0 Å². The number of methoxy groups -OCH3 is 1. The number of carbonyl (C=O) groups excluding carboxylic acids is 2. The molecule has 0 spiro atoms. The number of nitrogens with zero attached hydrogens (tertiary/aromatic N) is 1. The second kappa shape index (κ2) is 15.0. The minimum Gasteiger partial charge on any atom is -0.493 e. The van der Waals surface area contributed by atoms with Gasteiger partial charge in [0.1, 0.15) is 17.5 Å². The highest BCUT2D eigenvalue weighted by Crippen LogP contribution is 2.38. The van der Waals surface area contributed by atoms with E-state index in [1.165, 1.54) is 43.2 Å². The standard InChI is InChI=1S/C17H29NO4.C15H22O2/c1-12(13-6-7-13)5-8-14(19)15-11-18(9-10-21-15)16(20)22-17(2,3)4;1-12-5-3-6-13-7-8-14(11-15(12)13)17-10-4-9-16-2/h12-13,15H,5-11H2,1-4H3;7-8,11-12H,3-6,9-10H2,1-2H3/t12?,15-;12-/m10/s1. The number of aryl methyl sites for hydroxylation is 1. The Morgan fingerprint density at radius 2 is 1.92 bits per heavy atom. The summed E-state index contributed by atoms with van der Waals surface area (Å²) in [4.78, 5) is 26.0. The summed E-state index contributed by atoms with van der Waals surface area (Å²) >= 11 is 0. The topological polar surface area (TPSA) is 74.3 Å². The lowest BCUT2D eigenvalue weighted by atomic mass is 9.84. The van der Waals surface area contributed by atoms with Crippen molar-refractivity contribution in [3.8, 4) is 5.75 Å². The zero-order chi connectivity index (χ0) is 28.4. The molecule has 2 aliphatic carbocycles. The molecule has 0 radical (unpaired) electrons. The molecule has 1 aliphatic heterocycles. The van der Waals surface area contributed by atoms with Gasteiger partial charge < -0.3 is 23.8 Å². The van der Waals surface area contributed by atoms with Crippen molar-refractivity contribution >= 4 is 11.9 Å². The first-order valence-corrected chi connectivity index (χ1v) is 14.9. The number of ketones is 1. The molecule has 0 N–H and O–H groups in total. The number of amides is 1. The first-order chi connectivity index (χ1) is 18.6. The highest BCUT2D eigenvalue weighted by atomic mass is 16.6. The van der Waals surface area contributed by atoms with Crippen molar-refractivity contribution in [2.75, 3.05) is 40.0 Å². The summed E-state index contributed by atoms with van der Waals surface area (Å²) in [6.45, 7) is 12.7. The van der Waals surface area contributed by atoms with Gasteiger partial charge in [0.15, 0.2) is 5.78 Å². The van der Waals surface area contributed by atoms with Crippen molar-refractivity contribution < 1.29 is 28.5 Å². The SMILES string of the molecule is CC(CCC(=O)[C@H]1CN(C(=O)OC(C)(C)C)CCO1)C1CC1.COCCCOc1ccc2c(c1)[C@@H](C)CCC2. The van der Waals surface area contributed by atoms with Gasteiger partial charge in [-0.15, -0.1) is 0 Å². The first-order valence-electron chi connectivity index (χ1n) is 14.9. The molecule has 0 aromatic heterocycles. The van der Waals surface area contributed by atoms with E-state index in [0.717, 1.165) is 37.7 Å². The van der Waals surface area contributed by atoms with Gasteiger partial charge in [0.05, 0.1) is 19.8 Å². The van der Waals surface area contributed by atoms with Gasteiger partial charge in [0, 0.05) is 33.1 Å². The zero-order valence-corrected chi connectivity index (χ0v) is 25.1. The fourth-order valence-electron chi connectivity index (χ4n) is 5.26. The van der Waals surface area contributed by atoms with Gasteiger partial charge in [0.25, 0.3) is 0 Å². The van der Waals surface area contributed by atoms with Crippen LogP contribution in [0.25, 0.3) is 0 Å². The molecule has 220 valence electrons. The second-order valence-corrected chi connectivity index (χ2v) is 12.5. The van der Waals surface area contributed by atoms with E-state index in [1.54, 1.807) is 12.0 Å². The molecular weight excluding hydrogens is 494 g/mol. The Morgan fingerprint density at radius 3 is 2.62 bits per heavy atom. The van der Waals surface area contributed by atoms with Gasteiger partial charge >= 0.3 is 6.09 Å². The van der Waals surface area contributed by atoms with Crippen molar-refractivity contribution in [3.05, 3.63) is 29.3 Å². The normalized spacial score (nSPS) is 21.7. The van der Waals surface area contributed by atoms with Crippen LogP contribution in [-0.4, -0.2) is 68.5 Å². The molecule has 1 saturated carbocycles. The van der Waals surface area contributed by atoms with Crippen LogP contribution < -0.4 is 4.74 Å². The minimum atomic E-state index is -0.519. The summed E-state index contributed by atoms with van der Waals surface area (Å²) in [5.74, 6) is 3.24. The van der Waals surface area contributed by atoms with Crippen LogP contribution in [0.5, 0.6) is 5.75 Å². The van der Waals surface area contributed by atoms with Crippen LogP contribution in [0.1, 0.15) is 96.6 Å². The maximum atomic E-state index is 12.3. The van der Waals surface area contributed by atoms with Crippen molar-refractivity contribution in [1.29, 1.82) is 0 Å². The molecule has 1 aromatic rings. The van der Waals surface area contributed by atoms with E-state index in [0.29, 0.717) is 38.0 Å². The Morgan fingerprint density at radius 1 is 1.15 bits per heavy atom. The summed E-state index contributed by atoms with van der Waals surface area (Å²) in [6.07, 6.45) is 8.03. The summed E-state index contributed by atoms with van der Waals surface area (Å²) in [7, 11) is 1.72. The molecule has 1 heterocycles. The van der Waals surface area contributed by atoms with E-state index in [2.05, 4.69) is 32.0 Å². The third-order valence-corrected chi connectivity index (χ3v) is 7.84. The summed E-state index contributed by atoms with van der Waals surface area (Å²) in [5.41, 5.74) is 2.47. The fourth-order valence-corrected chi connectivity index (χ4v) is 5.26. The van der Waals surface area contributed by atoms with Crippen molar-refractivity contribution in [1.82, 2.24) is 4.90 Å². The second-order valence-electron chi connectivity index (χ2n) is 12.5. The van der Waals surface area contributed by atoms with Crippen LogP contribution in [-0.2, 0) is 25.4 Å². The lowest BCUT2D eigenvalue weighted by Gasteiger charge is -2.33. The Labute approximate surface area is 235 Å². The summed E-state index contributed by atoms with van der Waals surface area (Å²) < 4.78 is 21.7. The number of hydrogen-bond donors (Lipinski definition) is 0. The van der Waals surface area contributed by atoms with E-state index < -0.39 is 11.7 Å². The molecule has 1 aromatic carbocycles. The fraction of sp³-hybridized carbons (Fsp3) is 0.750. The predicted octanol–water partition coefficient (Wildman–Crippen LogP) is 6.56. The molecule has 2 fully saturated rings. The molecule has 1 unspecified atom stereocenters. The number of fused-ring (bicyclic) bond motifs is 1. The van der Waals surface area contributed by atoms with Gasteiger partial charge in [-0.2, -0.15) is 0 Å².